The summed E-state index contributed by atoms with van der Waals surface area (Å²) in [6.07, 6.45) is 2.77. The van der Waals surface area contributed by atoms with Crippen LogP contribution < -0.4 is 26.3 Å². The Kier molecular flexibility index (Phi) is 23.1. The number of amides is 5. The van der Waals surface area contributed by atoms with Gasteiger partial charge >= 0.3 is 12.1 Å². The number of hydrazine groups is 1. The molecule has 3 aliphatic rings. The normalized spacial score (nSPS) is 24.7. The van der Waals surface area contributed by atoms with Gasteiger partial charge in [-0.15, -0.1) is 0 Å². The molecule has 3 aromatic rings. The molecular weight excluding hydrogens is 1050 g/mol. The third-order valence-electron chi connectivity index (χ3n) is 15.3. The van der Waals surface area contributed by atoms with Gasteiger partial charge in [-0.3, -0.25) is 29.9 Å². The number of aliphatic hydroxyl groups is 1. The minimum absolute atomic E-state index is 0.0377. The number of carbonyl (C=O) groups excluding carboxylic acids is 6. The molecule has 4 bridgehead atoms. The van der Waals surface area contributed by atoms with E-state index in [2.05, 4.69) is 44.1 Å². The van der Waals surface area contributed by atoms with Crippen LogP contribution in [0.4, 0.5) is 10.5 Å². The van der Waals surface area contributed by atoms with E-state index >= 15 is 0 Å². The van der Waals surface area contributed by atoms with Crippen LogP contribution in [0.25, 0.3) is 10.9 Å². The molecule has 1 unspecified atom stereocenters. The number of methoxy groups -OCH3 is 1. The third-order valence-corrected chi connectivity index (χ3v) is 15.8. The number of hydrogen-bond acceptors (Lipinski definition) is 15. The molecule has 3 aliphatic heterocycles. The number of epoxide rings is 1. The maximum atomic E-state index is 14.3. The van der Waals surface area contributed by atoms with E-state index in [1.165, 1.54) is 30.9 Å². The number of carbonyl (C=O) groups is 6. The van der Waals surface area contributed by atoms with Crippen molar-refractivity contribution in [2.75, 3.05) is 79.7 Å². The van der Waals surface area contributed by atoms with Gasteiger partial charge in [0.05, 0.1) is 62.6 Å². The Balaban J connectivity index is 0.920. The van der Waals surface area contributed by atoms with Gasteiger partial charge in [0.2, 0.25) is 23.6 Å². The highest BCUT2D eigenvalue weighted by molar-refractivity contribution is 6.34. The number of fused-ring (bicyclic) bond motifs is 6. The number of nitrogens with one attached hydrogen (secondary N) is 4. The van der Waals surface area contributed by atoms with E-state index in [1.54, 1.807) is 33.0 Å². The van der Waals surface area contributed by atoms with Crippen LogP contribution in [0.1, 0.15) is 89.5 Å². The number of likely N-dealkylation sites (N-methyl/N-ethyl adjacent to an activating group) is 1. The first-order valence-electron chi connectivity index (χ1n) is 27.5. The number of aromatic nitrogens is 1. The smallest absolute Gasteiger partial charge is 0.409 e. The lowest BCUT2D eigenvalue weighted by Crippen LogP contribution is -2.63. The first-order valence-corrected chi connectivity index (χ1v) is 27.9. The summed E-state index contributed by atoms with van der Waals surface area (Å²) in [5.41, 5.74) is 5.29. The minimum Gasteiger partial charge on any atom is -0.457 e. The topological polar surface area (TPSA) is 244 Å². The first-order chi connectivity index (χ1) is 38.1. The molecule has 8 atom stereocenters. The SMILES string of the molecule is CNN(C)Cc1cc2ccccc2n1CCC(=O)NCCCCC(=O)NCCOCCOCCC(=O)N(C)[C@@H](C)C(=O)O[C@H]1CC(=O)N(C)c2cc(cc(C)c2Cl)C/C(C)=C/C=C/[C@@H](OC)[C@]2(O)C[C@H](OC(=O)N2)[C@@H](C)C2O[C@]21C. The lowest BCUT2D eigenvalue weighted by atomic mass is 9.83. The monoisotopic (exact) mass is 1130 g/mol. The Morgan fingerprint density at radius 2 is 1.69 bits per heavy atom. The molecule has 21 nitrogen and oxygen atoms in total. The second-order valence-electron chi connectivity index (χ2n) is 21.3. The molecule has 4 heterocycles. The summed E-state index contributed by atoms with van der Waals surface area (Å²) in [5, 5.41) is 23.7. The highest BCUT2D eigenvalue weighted by Crippen LogP contribution is 2.49. The number of unbranched alkanes of at least 4 members (excludes halogenated alkanes) is 1. The fourth-order valence-electron chi connectivity index (χ4n) is 10.2. The number of aryl methyl sites for hydroxylation is 2. The first kappa shape index (κ1) is 63.3. The summed E-state index contributed by atoms with van der Waals surface area (Å²) in [5.74, 6) is -2.29. The second-order valence-corrected chi connectivity index (χ2v) is 21.7. The average Bonchev–Trinajstić information content (AvgIpc) is 4.24. The van der Waals surface area contributed by atoms with Crippen LogP contribution in [0.5, 0.6) is 0 Å². The molecule has 5 N–H and O–H groups in total. The van der Waals surface area contributed by atoms with Crippen molar-refractivity contribution in [2.45, 2.75) is 141 Å². The zero-order valence-electron chi connectivity index (χ0n) is 48.1. The fourth-order valence-corrected chi connectivity index (χ4v) is 10.4. The number of esters is 1. The zero-order valence-corrected chi connectivity index (χ0v) is 48.8. The molecule has 1 aromatic heterocycles. The fraction of sp³-hybridized carbons (Fsp3) is 0.586. The predicted octanol–water partition coefficient (Wildman–Crippen LogP) is 5.25. The molecule has 5 amide bonds. The van der Waals surface area contributed by atoms with Gasteiger partial charge in [0.25, 0.3) is 0 Å². The van der Waals surface area contributed by atoms with Crippen LogP contribution in [0.15, 0.2) is 66.3 Å². The summed E-state index contributed by atoms with van der Waals surface area (Å²) in [4.78, 5) is 82.4. The zero-order chi connectivity index (χ0) is 58.3. The van der Waals surface area contributed by atoms with Crippen molar-refractivity contribution in [3.8, 4) is 0 Å². The molecule has 2 saturated heterocycles. The van der Waals surface area contributed by atoms with Gasteiger partial charge in [-0.1, -0.05) is 66.6 Å². The van der Waals surface area contributed by atoms with Crippen molar-refractivity contribution in [3.05, 3.63) is 88.1 Å². The molecule has 0 radical (unpaired) electrons. The van der Waals surface area contributed by atoms with Crippen molar-refractivity contribution < 1.29 is 62.3 Å². The van der Waals surface area contributed by atoms with Crippen LogP contribution in [0.3, 0.4) is 0 Å². The molecule has 0 aliphatic carbocycles. The van der Waals surface area contributed by atoms with Crippen LogP contribution in [-0.2, 0) is 71.9 Å². The molecule has 22 heteroatoms. The number of hydrogen-bond donors (Lipinski definition) is 5. The van der Waals surface area contributed by atoms with Gasteiger partial charge in [0, 0.05) is 84.3 Å². The Morgan fingerprint density at radius 3 is 2.42 bits per heavy atom. The van der Waals surface area contributed by atoms with Crippen molar-refractivity contribution in [1.29, 1.82) is 0 Å². The summed E-state index contributed by atoms with van der Waals surface area (Å²) in [6, 6.07) is 13.0. The van der Waals surface area contributed by atoms with Crippen LogP contribution >= 0.6 is 11.6 Å². The largest absolute Gasteiger partial charge is 0.457 e. The predicted molar refractivity (Wildman–Crippen MR) is 302 cm³/mol. The van der Waals surface area contributed by atoms with Gasteiger partial charge in [-0.2, -0.15) is 0 Å². The standard InChI is InChI=1S/C58H83ClN8O13/c1-37-16-15-19-47(75-10)58(74)35-46(78-56(73)63-58)39(3)54-57(5,80-54)48(34-52(71)66(9)45-32-41(30-37)31-38(2)53(45)59)79-55(72)40(4)65(8)51(70)22-26-76-28-29-77-27-24-62-49(68)20-13-14-23-61-50(69)21-25-67-43(36-64(7)60-6)33-42-17-11-12-18-44(42)67/h11-12,15-19,31-33,39-40,46-48,54,60,74H,13-14,20-30,34-36H2,1-10H3,(H,61,69)(H,62,68)(H,63,73)/b19-15+,37-16+/t39-,40+,46+,47-,48+,54?,57+,58-/m1/s1. The summed E-state index contributed by atoms with van der Waals surface area (Å²) in [7, 11) is 8.35. The van der Waals surface area contributed by atoms with Crippen molar-refractivity contribution in [2.24, 2.45) is 5.92 Å². The van der Waals surface area contributed by atoms with Gasteiger partial charge in [-0.25, -0.2) is 14.6 Å². The Morgan fingerprint density at radius 1 is 0.975 bits per heavy atom. The molecule has 2 fully saturated rings. The van der Waals surface area contributed by atoms with E-state index < -0.39 is 65.7 Å². The van der Waals surface area contributed by atoms with E-state index in [9.17, 15) is 33.9 Å². The van der Waals surface area contributed by atoms with E-state index in [0.29, 0.717) is 69.0 Å². The van der Waals surface area contributed by atoms with Crippen LogP contribution in [0.2, 0.25) is 5.02 Å². The lowest BCUT2D eigenvalue weighted by molar-refractivity contribution is -0.162. The number of alkyl carbamates (subject to hydrolysis) is 1. The highest BCUT2D eigenvalue weighted by Gasteiger charge is 2.64. The van der Waals surface area contributed by atoms with Gasteiger partial charge in [-0.05, 0) is 88.7 Å². The Labute approximate surface area is 474 Å². The number of halogens is 1. The van der Waals surface area contributed by atoms with Gasteiger partial charge in [0.1, 0.15) is 30.0 Å². The second kappa shape index (κ2) is 29.2. The molecule has 0 spiro atoms. The highest BCUT2D eigenvalue weighted by atomic mass is 35.5. The van der Waals surface area contributed by atoms with E-state index in [0.717, 1.165) is 33.3 Å². The summed E-state index contributed by atoms with van der Waals surface area (Å²) < 4.78 is 37.3. The Bertz CT molecular complexity index is 2720. The summed E-state index contributed by atoms with van der Waals surface area (Å²) in [6.45, 7) is 11.6. The number of rotatable bonds is 24. The quantitative estimate of drug-likeness (QED) is 0.0333. The molecular formula is C58H83ClN8O13. The number of nitrogens with zero attached hydrogens (tertiary/aromatic N) is 4. The Hall–Kier alpha value is -5.91. The molecule has 6 rings (SSSR count). The number of anilines is 1. The third kappa shape index (κ3) is 16.8. The van der Waals surface area contributed by atoms with Crippen LogP contribution in [0, 0.1) is 12.8 Å². The van der Waals surface area contributed by atoms with Crippen molar-refractivity contribution in [1.82, 2.24) is 35.9 Å². The average molecular weight is 1140 g/mol. The van der Waals surface area contributed by atoms with Crippen LogP contribution in [-0.4, -0.2) is 172 Å². The van der Waals surface area contributed by atoms with E-state index in [4.69, 9.17) is 40.0 Å². The number of allylic oxidation sites excluding steroid dienone is 3. The van der Waals surface area contributed by atoms with E-state index in [-0.39, 0.29) is 63.4 Å². The minimum atomic E-state index is -1.85. The number of benzene rings is 2. The number of ether oxygens (including phenoxy) is 6. The summed E-state index contributed by atoms with van der Waals surface area (Å²) >= 11 is 6.83. The van der Waals surface area contributed by atoms with Crippen molar-refractivity contribution >= 4 is 63.9 Å². The molecule has 440 valence electrons. The van der Waals surface area contributed by atoms with E-state index in [1.807, 2.05) is 63.3 Å². The maximum Gasteiger partial charge on any atom is 0.409 e. The maximum absolute atomic E-state index is 14.3. The molecule has 0 saturated carbocycles. The van der Waals surface area contributed by atoms with Gasteiger partial charge in [0.15, 0.2) is 5.72 Å². The molecule has 2 aromatic carbocycles. The number of para-hydroxylation sites is 1. The lowest BCUT2D eigenvalue weighted by Gasteiger charge is -2.42. The van der Waals surface area contributed by atoms with Crippen molar-refractivity contribution in [3.63, 3.8) is 0 Å². The van der Waals surface area contributed by atoms with Gasteiger partial charge < -0.3 is 58.5 Å². The molecule has 80 heavy (non-hydrogen) atoms.